The molecule has 0 saturated carbocycles. The molecule has 0 radical (unpaired) electrons. The Labute approximate surface area is 124 Å². The molecule has 0 aliphatic carbocycles. The Morgan fingerprint density at radius 2 is 2.24 bits per heavy atom. The van der Waals surface area contributed by atoms with E-state index in [1.54, 1.807) is 12.3 Å². The van der Waals surface area contributed by atoms with E-state index in [0.717, 1.165) is 51.1 Å². The van der Waals surface area contributed by atoms with Crippen molar-refractivity contribution in [1.29, 1.82) is 0 Å². The number of nitrogens with zero attached hydrogens (tertiary/aromatic N) is 2. The quantitative estimate of drug-likeness (QED) is 0.916. The van der Waals surface area contributed by atoms with Crippen molar-refractivity contribution in [2.45, 2.75) is 38.3 Å². The van der Waals surface area contributed by atoms with Crippen LogP contribution < -0.4 is 10.9 Å². The van der Waals surface area contributed by atoms with Gasteiger partial charge in [-0.15, -0.1) is 0 Å². The van der Waals surface area contributed by atoms with E-state index in [9.17, 15) is 4.79 Å². The molecule has 2 saturated heterocycles. The summed E-state index contributed by atoms with van der Waals surface area (Å²) in [7, 11) is 0. The molecule has 2 aliphatic rings. The van der Waals surface area contributed by atoms with E-state index in [0.29, 0.717) is 12.5 Å². The standard InChI is InChI=1S/C15H23N3O3/c19-14-8-13(16-9-12-4-3-6-20-11-12)10-17-18(14)15-5-1-2-7-21-15/h8,10,12,15-16H,1-7,9,11H2. The zero-order valence-corrected chi connectivity index (χ0v) is 12.3. The molecular formula is C15H23N3O3. The van der Waals surface area contributed by atoms with Crippen molar-refractivity contribution in [3.8, 4) is 0 Å². The summed E-state index contributed by atoms with van der Waals surface area (Å²) in [5.41, 5.74) is 0.671. The van der Waals surface area contributed by atoms with Gasteiger partial charge >= 0.3 is 0 Å². The summed E-state index contributed by atoms with van der Waals surface area (Å²) in [6, 6.07) is 1.61. The highest BCUT2D eigenvalue weighted by molar-refractivity contribution is 5.38. The van der Waals surface area contributed by atoms with Crippen LogP contribution >= 0.6 is 0 Å². The second kappa shape index (κ2) is 7.04. The van der Waals surface area contributed by atoms with Gasteiger partial charge in [0.25, 0.3) is 5.56 Å². The number of anilines is 1. The van der Waals surface area contributed by atoms with Crippen molar-refractivity contribution < 1.29 is 9.47 Å². The summed E-state index contributed by atoms with van der Waals surface area (Å²) in [6.45, 7) is 3.20. The van der Waals surface area contributed by atoms with E-state index in [-0.39, 0.29) is 11.8 Å². The van der Waals surface area contributed by atoms with Gasteiger partial charge in [0.15, 0.2) is 6.23 Å². The largest absolute Gasteiger partial charge is 0.383 e. The number of rotatable bonds is 4. The highest BCUT2D eigenvalue weighted by atomic mass is 16.5. The van der Waals surface area contributed by atoms with E-state index in [2.05, 4.69) is 10.4 Å². The van der Waals surface area contributed by atoms with Crippen molar-refractivity contribution in [1.82, 2.24) is 9.78 Å². The summed E-state index contributed by atoms with van der Waals surface area (Å²) < 4.78 is 12.5. The first-order valence-corrected chi connectivity index (χ1v) is 7.85. The fourth-order valence-corrected chi connectivity index (χ4v) is 2.88. The molecule has 1 aromatic heterocycles. The molecule has 21 heavy (non-hydrogen) atoms. The lowest BCUT2D eigenvalue weighted by molar-refractivity contribution is -0.0424. The summed E-state index contributed by atoms with van der Waals surface area (Å²) in [5, 5.41) is 7.54. The van der Waals surface area contributed by atoms with Crippen LogP contribution in [0.5, 0.6) is 0 Å². The Kier molecular flexibility index (Phi) is 4.87. The van der Waals surface area contributed by atoms with Crippen molar-refractivity contribution in [3.05, 3.63) is 22.6 Å². The molecule has 1 aromatic rings. The summed E-state index contributed by atoms with van der Waals surface area (Å²) in [5.74, 6) is 0.517. The van der Waals surface area contributed by atoms with Gasteiger partial charge in [-0.2, -0.15) is 5.10 Å². The third-order valence-electron chi connectivity index (χ3n) is 4.10. The zero-order valence-electron chi connectivity index (χ0n) is 12.3. The van der Waals surface area contributed by atoms with Crippen LogP contribution in [0.3, 0.4) is 0 Å². The second-order valence-corrected chi connectivity index (χ2v) is 5.81. The third-order valence-corrected chi connectivity index (χ3v) is 4.10. The van der Waals surface area contributed by atoms with Crippen LogP contribution in [0.15, 0.2) is 17.1 Å². The Balaban J connectivity index is 1.59. The van der Waals surface area contributed by atoms with Crippen molar-refractivity contribution >= 4 is 5.69 Å². The molecule has 0 bridgehead atoms. The summed E-state index contributed by atoms with van der Waals surface area (Å²) >= 11 is 0. The normalized spacial score (nSPS) is 26.5. The number of hydrogen-bond donors (Lipinski definition) is 1. The van der Waals surface area contributed by atoms with Crippen molar-refractivity contribution in [3.63, 3.8) is 0 Å². The van der Waals surface area contributed by atoms with Gasteiger partial charge in [-0.25, -0.2) is 4.68 Å². The molecule has 0 spiro atoms. The molecule has 2 unspecified atom stereocenters. The first-order valence-electron chi connectivity index (χ1n) is 7.85. The predicted octanol–water partition coefficient (Wildman–Crippen LogP) is 1.78. The van der Waals surface area contributed by atoms with E-state index >= 15 is 0 Å². The van der Waals surface area contributed by atoms with E-state index in [1.807, 2.05) is 0 Å². The molecular weight excluding hydrogens is 270 g/mol. The fourth-order valence-electron chi connectivity index (χ4n) is 2.88. The van der Waals surface area contributed by atoms with E-state index in [1.165, 1.54) is 11.1 Å². The minimum Gasteiger partial charge on any atom is -0.383 e. The maximum atomic E-state index is 12.1. The molecule has 0 aromatic carbocycles. The molecule has 6 heteroatoms. The highest BCUT2D eigenvalue weighted by Gasteiger charge is 2.18. The average molecular weight is 293 g/mol. The smallest absolute Gasteiger partial charge is 0.271 e. The minimum atomic E-state index is -0.202. The molecule has 6 nitrogen and oxygen atoms in total. The Morgan fingerprint density at radius 1 is 1.29 bits per heavy atom. The Morgan fingerprint density at radius 3 is 2.95 bits per heavy atom. The van der Waals surface area contributed by atoms with Crippen molar-refractivity contribution in [2.75, 3.05) is 31.7 Å². The summed E-state index contributed by atoms with van der Waals surface area (Å²) in [4.78, 5) is 12.1. The zero-order chi connectivity index (χ0) is 14.5. The molecule has 0 amide bonds. The van der Waals surface area contributed by atoms with Gasteiger partial charge < -0.3 is 14.8 Å². The van der Waals surface area contributed by atoms with Crippen LogP contribution in [0.2, 0.25) is 0 Å². The van der Waals surface area contributed by atoms with Gasteiger partial charge in [-0.05, 0) is 38.0 Å². The number of ether oxygens (including phenoxy) is 2. The van der Waals surface area contributed by atoms with Crippen LogP contribution in [-0.2, 0) is 9.47 Å². The van der Waals surface area contributed by atoms with Crippen LogP contribution in [0, 0.1) is 5.92 Å². The van der Waals surface area contributed by atoms with Crippen molar-refractivity contribution in [2.24, 2.45) is 5.92 Å². The van der Waals surface area contributed by atoms with Gasteiger partial charge in [0, 0.05) is 25.8 Å². The third kappa shape index (κ3) is 3.83. The monoisotopic (exact) mass is 293 g/mol. The molecule has 3 heterocycles. The second-order valence-electron chi connectivity index (χ2n) is 5.81. The molecule has 2 fully saturated rings. The number of nitrogens with one attached hydrogen (secondary N) is 1. The molecule has 3 rings (SSSR count). The van der Waals surface area contributed by atoms with Crippen LogP contribution in [0.1, 0.15) is 38.3 Å². The lowest BCUT2D eigenvalue weighted by Crippen LogP contribution is -2.31. The van der Waals surface area contributed by atoms with Gasteiger partial charge in [0.1, 0.15) is 0 Å². The van der Waals surface area contributed by atoms with Gasteiger partial charge in [0.2, 0.25) is 0 Å². The lowest BCUT2D eigenvalue weighted by atomic mass is 10.0. The first-order chi connectivity index (χ1) is 10.3. The van der Waals surface area contributed by atoms with E-state index in [4.69, 9.17) is 9.47 Å². The molecule has 1 N–H and O–H groups in total. The number of hydrogen-bond acceptors (Lipinski definition) is 5. The molecule has 116 valence electrons. The Hall–Kier alpha value is -1.40. The SMILES string of the molecule is O=c1cc(NCC2CCCOC2)cnn1C1CCCCO1. The van der Waals surface area contributed by atoms with Gasteiger partial charge in [-0.1, -0.05) is 0 Å². The molecule has 2 aliphatic heterocycles. The minimum absolute atomic E-state index is 0.105. The fraction of sp³-hybridized carbons (Fsp3) is 0.733. The van der Waals surface area contributed by atoms with Gasteiger partial charge in [-0.3, -0.25) is 4.79 Å². The predicted molar refractivity (Wildman–Crippen MR) is 79.4 cm³/mol. The van der Waals surface area contributed by atoms with Crippen LogP contribution in [0.4, 0.5) is 5.69 Å². The maximum Gasteiger partial charge on any atom is 0.271 e. The van der Waals surface area contributed by atoms with Gasteiger partial charge in [0.05, 0.1) is 18.5 Å². The Bertz CT molecular complexity index is 505. The maximum absolute atomic E-state index is 12.1. The molecule has 2 atom stereocenters. The average Bonchev–Trinajstić information content (AvgIpc) is 2.55. The van der Waals surface area contributed by atoms with E-state index < -0.39 is 0 Å². The topological polar surface area (TPSA) is 65.4 Å². The lowest BCUT2D eigenvalue weighted by Gasteiger charge is -2.24. The summed E-state index contributed by atoms with van der Waals surface area (Å²) in [6.07, 6.45) is 6.81. The van der Waals surface area contributed by atoms with Crippen LogP contribution in [-0.4, -0.2) is 36.1 Å². The number of aromatic nitrogens is 2. The van der Waals surface area contributed by atoms with Crippen LogP contribution in [0.25, 0.3) is 0 Å². The highest BCUT2D eigenvalue weighted by Crippen LogP contribution is 2.20. The first kappa shape index (κ1) is 14.5.